The van der Waals surface area contributed by atoms with Crippen molar-refractivity contribution in [2.75, 3.05) is 6.61 Å². The third-order valence-corrected chi connectivity index (χ3v) is 2.98. The summed E-state index contributed by atoms with van der Waals surface area (Å²) in [7, 11) is 0. The van der Waals surface area contributed by atoms with Crippen molar-refractivity contribution in [3.8, 4) is 0 Å². The Balaban J connectivity index is 2.24. The summed E-state index contributed by atoms with van der Waals surface area (Å²) in [5, 5.41) is 1.15. The first-order valence-electron chi connectivity index (χ1n) is 4.75. The van der Waals surface area contributed by atoms with Gasteiger partial charge in [-0.05, 0) is 17.7 Å². The molecule has 0 spiro atoms. The molecule has 2 rings (SSSR count). The molecule has 1 atom stereocenters. The fourth-order valence-electron chi connectivity index (χ4n) is 1.65. The summed E-state index contributed by atoms with van der Waals surface area (Å²) < 4.78 is 5.51. The molecule has 1 aromatic carbocycles. The smallest absolute Gasteiger partial charge is 0.138 e. The molecule has 0 saturated carbocycles. The highest BCUT2D eigenvalue weighted by atomic mass is 35.5. The number of ether oxygens (including phenoxy) is 1. The molecule has 2 nitrogen and oxygen atoms in total. The van der Waals surface area contributed by atoms with Crippen LogP contribution in [0.3, 0.4) is 0 Å². The normalized spacial score (nSPS) is 21.7. The Hall–Kier alpha value is -0.570. The zero-order chi connectivity index (χ0) is 10.8. The second-order valence-electron chi connectivity index (χ2n) is 3.52. The number of halogens is 2. The average Bonchev–Trinajstić information content (AvgIpc) is 2.17. The fourth-order valence-corrected chi connectivity index (χ4v) is 2.18. The van der Waals surface area contributed by atoms with Gasteiger partial charge in [0.2, 0.25) is 0 Å². The van der Waals surface area contributed by atoms with E-state index in [1.54, 1.807) is 12.1 Å². The monoisotopic (exact) mass is 244 g/mol. The van der Waals surface area contributed by atoms with Crippen molar-refractivity contribution in [1.82, 2.24) is 0 Å². The average molecular weight is 245 g/mol. The molecular formula is C11H10Cl2O2. The molecule has 1 heterocycles. The van der Waals surface area contributed by atoms with E-state index in [9.17, 15) is 4.79 Å². The summed E-state index contributed by atoms with van der Waals surface area (Å²) in [5.41, 5.74) is 0.842. The summed E-state index contributed by atoms with van der Waals surface area (Å²) in [6, 6.07) is 5.24. The van der Waals surface area contributed by atoms with Crippen molar-refractivity contribution in [1.29, 1.82) is 0 Å². The van der Waals surface area contributed by atoms with Gasteiger partial charge in [0.15, 0.2) is 0 Å². The van der Waals surface area contributed by atoms with E-state index in [-0.39, 0.29) is 11.9 Å². The van der Waals surface area contributed by atoms with Crippen LogP contribution >= 0.6 is 23.2 Å². The lowest BCUT2D eigenvalue weighted by Crippen LogP contribution is -2.19. The second-order valence-corrected chi connectivity index (χ2v) is 4.36. The van der Waals surface area contributed by atoms with Crippen molar-refractivity contribution in [2.24, 2.45) is 0 Å². The molecule has 4 heteroatoms. The molecule has 0 radical (unpaired) electrons. The van der Waals surface area contributed by atoms with Gasteiger partial charge in [-0.1, -0.05) is 29.3 Å². The standard InChI is InChI=1S/C11H10Cl2O2/c12-7-1-2-9(10(13)5-7)11-6-8(14)3-4-15-11/h1-2,5,11H,3-4,6H2. The highest BCUT2D eigenvalue weighted by molar-refractivity contribution is 6.35. The van der Waals surface area contributed by atoms with Crippen LogP contribution in [0.25, 0.3) is 0 Å². The molecule has 0 aromatic heterocycles. The molecule has 1 aliphatic rings. The van der Waals surface area contributed by atoms with Crippen LogP contribution < -0.4 is 0 Å². The first-order valence-corrected chi connectivity index (χ1v) is 5.50. The van der Waals surface area contributed by atoms with E-state index in [0.717, 1.165) is 5.56 Å². The van der Waals surface area contributed by atoms with Crippen LogP contribution in [0.4, 0.5) is 0 Å². The topological polar surface area (TPSA) is 26.3 Å². The third kappa shape index (κ3) is 2.51. The van der Waals surface area contributed by atoms with Gasteiger partial charge in [-0.2, -0.15) is 0 Å². The van der Waals surface area contributed by atoms with Crippen LogP contribution in [0.1, 0.15) is 24.5 Å². The molecule has 1 aromatic rings. The molecule has 1 aliphatic heterocycles. The SMILES string of the molecule is O=C1CCOC(c2ccc(Cl)cc2Cl)C1. The fraction of sp³-hybridized carbons (Fsp3) is 0.364. The Labute approximate surface area is 98.1 Å². The van der Waals surface area contributed by atoms with Gasteiger partial charge >= 0.3 is 0 Å². The predicted octanol–water partition coefficient (Wildman–Crippen LogP) is 3.41. The van der Waals surface area contributed by atoms with E-state index >= 15 is 0 Å². The maximum absolute atomic E-state index is 11.3. The Morgan fingerprint density at radius 3 is 2.80 bits per heavy atom. The number of hydrogen-bond acceptors (Lipinski definition) is 2. The molecule has 1 unspecified atom stereocenters. The van der Waals surface area contributed by atoms with Gasteiger partial charge in [-0.3, -0.25) is 4.79 Å². The van der Waals surface area contributed by atoms with E-state index in [0.29, 0.717) is 29.5 Å². The minimum atomic E-state index is -0.212. The minimum absolute atomic E-state index is 0.212. The number of Topliss-reactive ketones (excluding diaryl/α,β-unsaturated/α-hetero) is 1. The van der Waals surface area contributed by atoms with Crippen LogP contribution in [0.15, 0.2) is 18.2 Å². The lowest BCUT2D eigenvalue weighted by molar-refractivity contribution is -0.128. The molecular weight excluding hydrogens is 235 g/mol. The zero-order valence-electron chi connectivity index (χ0n) is 8.00. The summed E-state index contributed by atoms with van der Waals surface area (Å²) in [6.07, 6.45) is 0.694. The highest BCUT2D eigenvalue weighted by Crippen LogP contribution is 2.32. The summed E-state index contributed by atoms with van der Waals surface area (Å²) >= 11 is 11.8. The van der Waals surface area contributed by atoms with Crippen molar-refractivity contribution in [3.05, 3.63) is 33.8 Å². The molecule has 0 amide bonds. The zero-order valence-corrected chi connectivity index (χ0v) is 9.52. The lowest BCUT2D eigenvalue weighted by Gasteiger charge is -2.22. The molecule has 80 valence electrons. The van der Waals surface area contributed by atoms with Crippen molar-refractivity contribution in [2.45, 2.75) is 18.9 Å². The van der Waals surface area contributed by atoms with Gasteiger partial charge in [-0.25, -0.2) is 0 Å². The Bertz CT molecular complexity index is 390. The van der Waals surface area contributed by atoms with Gasteiger partial charge in [0, 0.05) is 22.9 Å². The van der Waals surface area contributed by atoms with E-state index in [2.05, 4.69) is 0 Å². The second kappa shape index (κ2) is 4.52. The van der Waals surface area contributed by atoms with Crippen LogP contribution in [-0.4, -0.2) is 12.4 Å². The van der Waals surface area contributed by atoms with Crippen molar-refractivity contribution >= 4 is 29.0 Å². The number of carbonyl (C=O) groups excluding carboxylic acids is 1. The van der Waals surface area contributed by atoms with Crippen LogP contribution in [-0.2, 0) is 9.53 Å². The molecule has 1 fully saturated rings. The molecule has 0 aliphatic carbocycles. The first kappa shape index (κ1) is 10.9. The van der Waals surface area contributed by atoms with Gasteiger partial charge in [0.1, 0.15) is 5.78 Å². The molecule has 1 saturated heterocycles. The predicted molar refractivity (Wildman–Crippen MR) is 59.4 cm³/mol. The number of benzene rings is 1. The first-order chi connectivity index (χ1) is 7.16. The van der Waals surface area contributed by atoms with Crippen LogP contribution in [0.2, 0.25) is 10.0 Å². The van der Waals surface area contributed by atoms with Gasteiger partial charge in [0.25, 0.3) is 0 Å². The summed E-state index contributed by atoms with van der Waals surface area (Å²) in [6.45, 7) is 0.475. The van der Waals surface area contributed by atoms with Gasteiger partial charge < -0.3 is 4.74 Å². The van der Waals surface area contributed by atoms with Gasteiger partial charge in [0.05, 0.1) is 12.7 Å². The maximum atomic E-state index is 11.3. The van der Waals surface area contributed by atoms with Crippen LogP contribution in [0, 0.1) is 0 Å². The largest absolute Gasteiger partial charge is 0.373 e. The Morgan fingerprint density at radius 2 is 2.13 bits per heavy atom. The maximum Gasteiger partial charge on any atom is 0.138 e. The molecule has 0 bridgehead atoms. The highest BCUT2D eigenvalue weighted by Gasteiger charge is 2.23. The molecule has 15 heavy (non-hydrogen) atoms. The number of rotatable bonds is 1. The van der Waals surface area contributed by atoms with Crippen LogP contribution in [0.5, 0.6) is 0 Å². The van der Waals surface area contributed by atoms with E-state index in [1.165, 1.54) is 0 Å². The molecule has 0 N–H and O–H groups in total. The van der Waals surface area contributed by atoms with Gasteiger partial charge in [-0.15, -0.1) is 0 Å². The van der Waals surface area contributed by atoms with E-state index in [4.69, 9.17) is 27.9 Å². The summed E-state index contributed by atoms with van der Waals surface area (Å²) in [5.74, 6) is 0.220. The van der Waals surface area contributed by atoms with E-state index < -0.39 is 0 Å². The quantitative estimate of drug-likeness (QED) is 0.757. The van der Waals surface area contributed by atoms with Crippen molar-refractivity contribution in [3.63, 3.8) is 0 Å². The number of hydrogen-bond donors (Lipinski definition) is 0. The number of ketones is 1. The van der Waals surface area contributed by atoms with E-state index in [1.807, 2.05) is 6.07 Å². The van der Waals surface area contributed by atoms with Crippen molar-refractivity contribution < 1.29 is 9.53 Å². The summed E-state index contributed by atoms with van der Waals surface area (Å²) in [4.78, 5) is 11.3. The Morgan fingerprint density at radius 1 is 1.33 bits per heavy atom. The number of carbonyl (C=O) groups is 1. The minimum Gasteiger partial charge on any atom is -0.373 e. The third-order valence-electron chi connectivity index (χ3n) is 2.42. The lowest BCUT2D eigenvalue weighted by atomic mass is 10.0. The Kier molecular flexibility index (Phi) is 3.29.